The highest BCUT2D eigenvalue weighted by Gasteiger charge is 2.05. The third-order valence-corrected chi connectivity index (χ3v) is 2.50. The molecule has 17 heavy (non-hydrogen) atoms. The van der Waals surface area contributed by atoms with E-state index >= 15 is 0 Å². The number of benzene rings is 1. The van der Waals surface area contributed by atoms with E-state index in [9.17, 15) is 0 Å². The molecule has 0 radical (unpaired) electrons. The Balaban J connectivity index is 1.74. The van der Waals surface area contributed by atoms with Gasteiger partial charge in [0.2, 0.25) is 6.29 Å². The van der Waals surface area contributed by atoms with Crippen LogP contribution in [0.1, 0.15) is 5.56 Å². The van der Waals surface area contributed by atoms with Crippen LogP contribution < -0.4 is 4.74 Å². The van der Waals surface area contributed by atoms with Gasteiger partial charge in [-0.25, -0.2) is 0 Å². The summed E-state index contributed by atoms with van der Waals surface area (Å²) < 4.78 is 15.9. The monoisotopic (exact) mass is 232 g/mol. The van der Waals surface area contributed by atoms with Crippen molar-refractivity contribution in [3.05, 3.63) is 54.3 Å². The number of rotatable bonds is 5. The van der Waals surface area contributed by atoms with E-state index in [1.54, 1.807) is 13.4 Å². The summed E-state index contributed by atoms with van der Waals surface area (Å²) in [6, 6.07) is 7.99. The highest BCUT2D eigenvalue weighted by molar-refractivity contribution is 5.27. The third-order valence-electron chi connectivity index (χ3n) is 2.50. The molecule has 1 aromatic carbocycles. The third kappa shape index (κ3) is 3.64. The summed E-state index contributed by atoms with van der Waals surface area (Å²) in [5.41, 5.74) is 1.22. The van der Waals surface area contributed by atoms with E-state index in [1.165, 1.54) is 5.56 Å². The molecule has 0 aromatic heterocycles. The summed E-state index contributed by atoms with van der Waals surface area (Å²) in [5, 5.41) is 0. The van der Waals surface area contributed by atoms with Crippen molar-refractivity contribution in [1.29, 1.82) is 0 Å². The molecule has 0 bridgehead atoms. The minimum Gasteiger partial charge on any atom is -0.497 e. The standard InChI is InChI=1S/C14H16O3/c1-15-13-7-5-12(6-8-13)9-11-17-14-4-2-3-10-16-14/h2-8,10,14H,9,11H2,1H3. The molecule has 0 aliphatic carbocycles. The normalized spacial score (nSPS) is 17.8. The molecule has 0 fully saturated rings. The molecule has 1 aliphatic rings. The molecule has 1 aliphatic heterocycles. The second kappa shape index (κ2) is 6.11. The molecule has 0 saturated heterocycles. The van der Waals surface area contributed by atoms with E-state index in [0.29, 0.717) is 6.61 Å². The van der Waals surface area contributed by atoms with E-state index in [4.69, 9.17) is 14.2 Å². The maximum Gasteiger partial charge on any atom is 0.219 e. The summed E-state index contributed by atoms with van der Waals surface area (Å²) in [4.78, 5) is 0. The molecule has 2 rings (SSSR count). The molecule has 90 valence electrons. The van der Waals surface area contributed by atoms with Gasteiger partial charge in [-0.05, 0) is 36.3 Å². The van der Waals surface area contributed by atoms with Crippen LogP contribution in [0.25, 0.3) is 0 Å². The first kappa shape index (κ1) is 11.7. The van der Waals surface area contributed by atoms with Crippen LogP contribution in [0.5, 0.6) is 5.75 Å². The fraction of sp³-hybridized carbons (Fsp3) is 0.286. The summed E-state index contributed by atoms with van der Waals surface area (Å²) in [5.74, 6) is 0.873. The highest BCUT2D eigenvalue weighted by Crippen LogP contribution is 2.12. The Bertz CT molecular complexity index is 392. The molecule has 3 heteroatoms. The van der Waals surface area contributed by atoms with Crippen LogP contribution in [0.3, 0.4) is 0 Å². The Kier molecular flexibility index (Phi) is 4.22. The smallest absolute Gasteiger partial charge is 0.219 e. The molecule has 0 amide bonds. The Hall–Kier alpha value is -1.74. The Morgan fingerprint density at radius 2 is 2.00 bits per heavy atom. The number of methoxy groups -OCH3 is 1. The molecule has 3 nitrogen and oxygen atoms in total. The lowest BCUT2D eigenvalue weighted by Crippen LogP contribution is -2.14. The molecule has 1 atom stereocenters. The van der Waals surface area contributed by atoms with Crippen LogP contribution in [0.15, 0.2) is 48.8 Å². The van der Waals surface area contributed by atoms with Crippen molar-refractivity contribution >= 4 is 0 Å². The van der Waals surface area contributed by atoms with Crippen molar-refractivity contribution in [2.45, 2.75) is 12.7 Å². The number of hydrogen-bond acceptors (Lipinski definition) is 3. The van der Waals surface area contributed by atoms with Gasteiger partial charge in [0.15, 0.2) is 0 Å². The second-order valence-corrected chi connectivity index (χ2v) is 3.69. The quantitative estimate of drug-likeness (QED) is 0.781. The van der Waals surface area contributed by atoms with Crippen molar-refractivity contribution in [3.63, 3.8) is 0 Å². The van der Waals surface area contributed by atoms with Crippen molar-refractivity contribution < 1.29 is 14.2 Å². The minimum absolute atomic E-state index is 0.252. The van der Waals surface area contributed by atoms with Crippen molar-refractivity contribution in [2.75, 3.05) is 13.7 Å². The van der Waals surface area contributed by atoms with Crippen LogP contribution in [-0.2, 0) is 15.9 Å². The average molecular weight is 232 g/mol. The molecular formula is C14H16O3. The van der Waals surface area contributed by atoms with Crippen LogP contribution in [0.2, 0.25) is 0 Å². The predicted octanol–water partition coefficient (Wildman–Crippen LogP) is 2.68. The molecule has 0 spiro atoms. The van der Waals surface area contributed by atoms with Crippen molar-refractivity contribution in [3.8, 4) is 5.75 Å². The molecule has 0 N–H and O–H groups in total. The fourth-order valence-electron chi connectivity index (χ4n) is 1.55. The van der Waals surface area contributed by atoms with Gasteiger partial charge in [-0.3, -0.25) is 0 Å². The Labute approximate surface area is 101 Å². The van der Waals surface area contributed by atoms with E-state index < -0.39 is 0 Å². The molecule has 1 unspecified atom stereocenters. The lowest BCUT2D eigenvalue weighted by Gasteiger charge is -2.15. The zero-order valence-corrected chi connectivity index (χ0v) is 9.84. The van der Waals surface area contributed by atoms with E-state index in [0.717, 1.165) is 12.2 Å². The van der Waals surface area contributed by atoms with Gasteiger partial charge >= 0.3 is 0 Å². The summed E-state index contributed by atoms with van der Waals surface area (Å²) in [6.45, 7) is 0.634. The van der Waals surface area contributed by atoms with Gasteiger partial charge < -0.3 is 14.2 Å². The average Bonchev–Trinajstić information content (AvgIpc) is 2.41. The lowest BCUT2D eigenvalue weighted by molar-refractivity contribution is -0.0729. The molecule has 1 aromatic rings. The van der Waals surface area contributed by atoms with Crippen molar-refractivity contribution in [1.82, 2.24) is 0 Å². The summed E-state index contributed by atoms with van der Waals surface area (Å²) >= 11 is 0. The minimum atomic E-state index is -0.252. The van der Waals surface area contributed by atoms with Crippen LogP contribution in [-0.4, -0.2) is 20.0 Å². The van der Waals surface area contributed by atoms with Gasteiger partial charge in [-0.15, -0.1) is 0 Å². The highest BCUT2D eigenvalue weighted by atomic mass is 16.7. The molecule has 0 saturated carbocycles. The van der Waals surface area contributed by atoms with E-state index in [2.05, 4.69) is 0 Å². The van der Waals surface area contributed by atoms with Crippen molar-refractivity contribution in [2.24, 2.45) is 0 Å². The van der Waals surface area contributed by atoms with Crippen LogP contribution in [0.4, 0.5) is 0 Å². The van der Waals surface area contributed by atoms with Crippen LogP contribution in [0, 0.1) is 0 Å². The first-order valence-electron chi connectivity index (χ1n) is 5.62. The maximum absolute atomic E-state index is 5.55. The molecule has 1 heterocycles. The number of hydrogen-bond donors (Lipinski definition) is 0. The van der Waals surface area contributed by atoms with E-state index in [1.807, 2.05) is 42.5 Å². The zero-order valence-electron chi connectivity index (χ0n) is 9.84. The zero-order chi connectivity index (χ0) is 11.9. The van der Waals surface area contributed by atoms with Gasteiger partial charge in [0.05, 0.1) is 20.0 Å². The van der Waals surface area contributed by atoms with Crippen LogP contribution >= 0.6 is 0 Å². The van der Waals surface area contributed by atoms with Gasteiger partial charge in [-0.1, -0.05) is 18.2 Å². The summed E-state index contributed by atoms with van der Waals surface area (Å²) in [7, 11) is 1.67. The Morgan fingerprint density at radius 1 is 1.18 bits per heavy atom. The fourth-order valence-corrected chi connectivity index (χ4v) is 1.55. The lowest BCUT2D eigenvalue weighted by atomic mass is 10.1. The molecular weight excluding hydrogens is 216 g/mol. The first-order chi connectivity index (χ1) is 8.38. The number of ether oxygens (including phenoxy) is 3. The van der Waals surface area contributed by atoms with Gasteiger partial charge in [-0.2, -0.15) is 0 Å². The topological polar surface area (TPSA) is 27.7 Å². The van der Waals surface area contributed by atoms with Gasteiger partial charge in [0.25, 0.3) is 0 Å². The SMILES string of the molecule is COc1ccc(CCOC2C=CC=CO2)cc1. The maximum atomic E-state index is 5.55. The van der Waals surface area contributed by atoms with Gasteiger partial charge in [0.1, 0.15) is 5.75 Å². The van der Waals surface area contributed by atoms with Gasteiger partial charge in [0, 0.05) is 0 Å². The second-order valence-electron chi connectivity index (χ2n) is 3.69. The largest absolute Gasteiger partial charge is 0.497 e. The summed E-state index contributed by atoms with van der Waals surface area (Å²) in [6.07, 6.45) is 7.89. The predicted molar refractivity (Wildman–Crippen MR) is 65.8 cm³/mol. The Morgan fingerprint density at radius 3 is 2.65 bits per heavy atom. The number of allylic oxidation sites excluding steroid dienone is 2. The first-order valence-corrected chi connectivity index (χ1v) is 5.62. The van der Waals surface area contributed by atoms with E-state index in [-0.39, 0.29) is 6.29 Å².